The van der Waals surface area contributed by atoms with E-state index < -0.39 is 5.60 Å². The highest BCUT2D eigenvalue weighted by atomic mass is 16.5. The third-order valence-electron chi connectivity index (χ3n) is 8.32. The van der Waals surface area contributed by atoms with Crippen molar-refractivity contribution < 1.29 is 14.9 Å². The summed E-state index contributed by atoms with van der Waals surface area (Å²) in [6.45, 7) is 6.52. The second kappa shape index (κ2) is 5.30. The van der Waals surface area contributed by atoms with Gasteiger partial charge in [-0.15, -0.1) is 0 Å². The van der Waals surface area contributed by atoms with Crippen molar-refractivity contribution in [1.29, 1.82) is 0 Å². The first-order valence-electron chi connectivity index (χ1n) is 10.6. The summed E-state index contributed by atoms with van der Waals surface area (Å²) in [5, 5.41) is 22.7. The van der Waals surface area contributed by atoms with Crippen LogP contribution in [0.25, 0.3) is 0 Å². The molecule has 6 rings (SSSR count). The van der Waals surface area contributed by atoms with E-state index in [4.69, 9.17) is 4.74 Å². The van der Waals surface area contributed by atoms with Crippen molar-refractivity contribution in [3.8, 4) is 0 Å². The first-order valence-corrected chi connectivity index (χ1v) is 10.6. The SMILES string of the molecule is C=C1CCC2(O)C3CC4=C5C/C(=C(O)\C=C/C4)O[C@@H]1C52CCN3CC1CC1. The molecule has 4 heteroatoms. The van der Waals surface area contributed by atoms with Crippen LogP contribution in [0.2, 0.25) is 0 Å². The first-order chi connectivity index (χ1) is 13.0. The Labute approximate surface area is 160 Å². The van der Waals surface area contributed by atoms with E-state index in [0.717, 1.165) is 56.7 Å². The van der Waals surface area contributed by atoms with Crippen LogP contribution in [-0.4, -0.2) is 45.9 Å². The number of hydrogen-bond donors (Lipinski definition) is 2. The number of likely N-dealkylation sites (tertiary alicyclic amines) is 1. The Balaban J connectivity index is 1.55. The van der Waals surface area contributed by atoms with Gasteiger partial charge >= 0.3 is 0 Å². The lowest BCUT2D eigenvalue weighted by Gasteiger charge is -2.68. The van der Waals surface area contributed by atoms with Gasteiger partial charge in [0.05, 0.1) is 11.0 Å². The second-order valence-electron chi connectivity index (χ2n) is 9.63. The zero-order valence-corrected chi connectivity index (χ0v) is 15.9. The molecule has 4 atom stereocenters. The van der Waals surface area contributed by atoms with Gasteiger partial charge in [-0.1, -0.05) is 18.2 Å². The summed E-state index contributed by atoms with van der Waals surface area (Å²) in [5.74, 6) is 1.74. The van der Waals surface area contributed by atoms with Crippen molar-refractivity contribution in [3.63, 3.8) is 0 Å². The van der Waals surface area contributed by atoms with E-state index in [2.05, 4.69) is 17.6 Å². The largest absolute Gasteiger partial charge is 0.504 e. The molecule has 2 N–H and O–H groups in total. The quantitative estimate of drug-likeness (QED) is 0.730. The molecule has 3 unspecified atom stereocenters. The normalized spacial score (nSPS) is 47.2. The standard InChI is InChI=1S/C23H29NO3/c1-14-7-8-23(26)20-11-16-3-2-4-18(25)19-12-17(16)22(23,21(14)27-19)9-10-24(20)13-15-5-6-15/h2,4,15,20-21,25-26H,1,3,5-13H2/b4-2-,19-18-/t20?,21-,22?,23?/m0/s1. The zero-order chi connectivity index (χ0) is 18.4. The van der Waals surface area contributed by atoms with Crippen LogP contribution < -0.4 is 0 Å². The lowest BCUT2D eigenvalue weighted by atomic mass is 9.46. The summed E-state index contributed by atoms with van der Waals surface area (Å²) in [6.07, 6.45) is 11.4. The molecule has 2 aliphatic heterocycles. The molecule has 4 nitrogen and oxygen atoms in total. The van der Waals surface area contributed by atoms with Gasteiger partial charge in [-0.25, -0.2) is 0 Å². The van der Waals surface area contributed by atoms with Crippen LogP contribution in [0.4, 0.5) is 0 Å². The van der Waals surface area contributed by atoms with Gasteiger partial charge in [-0.3, -0.25) is 4.90 Å². The third-order valence-corrected chi connectivity index (χ3v) is 8.32. The third kappa shape index (κ3) is 2.01. The van der Waals surface area contributed by atoms with Gasteiger partial charge in [-0.2, -0.15) is 0 Å². The summed E-state index contributed by atoms with van der Waals surface area (Å²) < 4.78 is 6.41. The summed E-state index contributed by atoms with van der Waals surface area (Å²) in [6, 6.07) is 0.191. The number of nitrogens with zero attached hydrogens (tertiary/aromatic N) is 1. The van der Waals surface area contributed by atoms with Crippen molar-refractivity contribution in [1.82, 2.24) is 4.90 Å². The highest BCUT2D eigenvalue weighted by Crippen LogP contribution is 2.66. The van der Waals surface area contributed by atoms with Gasteiger partial charge in [0.1, 0.15) is 11.9 Å². The number of piperidine rings is 1. The Bertz CT molecular complexity index is 819. The fourth-order valence-electron chi connectivity index (χ4n) is 6.84. The predicted molar refractivity (Wildman–Crippen MR) is 103 cm³/mol. The van der Waals surface area contributed by atoms with E-state index in [0.29, 0.717) is 12.2 Å². The predicted octanol–water partition coefficient (Wildman–Crippen LogP) is 3.76. The molecule has 2 heterocycles. The van der Waals surface area contributed by atoms with Crippen LogP contribution in [0.3, 0.4) is 0 Å². The van der Waals surface area contributed by atoms with Gasteiger partial charge in [0.2, 0.25) is 0 Å². The first kappa shape index (κ1) is 16.4. The molecule has 27 heavy (non-hydrogen) atoms. The number of fused-ring (bicyclic) bond motifs is 1. The highest BCUT2D eigenvalue weighted by Gasteiger charge is 2.70. The minimum absolute atomic E-state index is 0.191. The summed E-state index contributed by atoms with van der Waals surface area (Å²) in [4.78, 5) is 2.60. The van der Waals surface area contributed by atoms with Gasteiger partial charge in [0.15, 0.2) is 5.76 Å². The maximum Gasteiger partial charge on any atom is 0.153 e. The summed E-state index contributed by atoms with van der Waals surface area (Å²) in [7, 11) is 0. The minimum Gasteiger partial charge on any atom is -0.504 e. The lowest BCUT2D eigenvalue weighted by Crippen LogP contribution is -2.75. The average Bonchev–Trinajstić information content (AvgIpc) is 3.45. The minimum atomic E-state index is -0.741. The van der Waals surface area contributed by atoms with Gasteiger partial charge in [-0.05, 0) is 74.6 Å². The Morgan fingerprint density at radius 3 is 2.96 bits per heavy atom. The van der Waals surface area contributed by atoms with Crippen molar-refractivity contribution in [2.24, 2.45) is 11.3 Å². The Morgan fingerprint density at radius 1 is 1.30 bits per heavy atom. The summed E-state index contributed by atoms with van der Waals surface area (Å²) in [5.41, 5.74) is 2.82. The van der Waals surface area contributed by atoms with Crippen LogP contribution in [0.5, 0.6) is 0 Å². The molecule has 0 aromatic rings. The van der Waals surface area contributed by atoms with E-state index >= 15 is 0 Å². The Hall–Kier alpha value is -1.52. The fraction of sp³-hybridized carbons (Fsp3) is 0.652. The van der Waals surface area contributed by atoms with E-state index in [-0.39, 0.29) is 23.3 Å². The van der Waals surface area contributed by atoms with Crippen molar-refractivity contribution >= 4 is 0 Å². The average molecular weight is 367 g/mol. The molecular weight excluding hydrogens is 338 g/mol. The van der Waals surface area contributed by atoms with Gasteiger partial charge in [0.25, 0.3) is 0 Å². The van der Waals surface area contributed by atoms with E-state index in [1.807, 2.05) is 0 Å². The van der Waals surface area contributed by atoms with Crippen LogP contribution in [-0.2, 0) is 4.74 Å². The number of aliphatic hydroxyl groups excluding tert-OH is 1. The summed E-state index contributed by atoms with van der Waals surface area (Å²) >= 11 is 0. The number of allylic oxidation sites excluding steroid dienone is 3. The van der Waals surface area contributed by atoms with E-state index in [9.17, 15) is 10.2 Å². The van der Waals surface area contributed by atoms with Crippen molar-refractivity contribution in [3.05, 3.63) is 47.0 Å². The molecule has 144 valence electrons. The number of rotatable bonds is 2. The molecule has 1 spiro atoms. The van der Waals surface area contributed by atoms with Gasteiger partial charge < -0.3 is 14.9 Å². The monoisotopic (exact) mass is 367 g/mol. The Kier molecular flexibility index (Phi) is 3.22. The van der Waals surface area contributed by atoms with Crippen molar-refractivity contribution in [2.75, 3.05) is 13.1 Å². The van der Waals surface area contributed by atoms with Crippen molar-refractivity contribution in [2.45, 2.75) is 69.1 Å². The van der Waals surface area contributed by atoms with Gasteiger partial charge in [0, 0.05) is 19.0 Å². The molecule has 2 saturated carbocycles. The van der Waals surface area contributed by atoms with Crippen LogP contribution in [0.1, 0.15) is 51.4 Å². The molecule has 0 aromatic carbocycles. The maximum atomic E-state index is 12.3. The smallest absolute Gasteiger partial charge is 0.153 e. The second-order valence-corrected chi connectivity index (χ2v) is 9.63. The van der Waals surface area contributed by atoms with Crippen LogP contribution in [0.15, 0.2) is 47.0 Å². The topological polar surface area (TPSA) is 52.9 Å². The maximum absolute atomic E-state index is 12.3. The lowest BCUT2D eigenvalue weighted by molar-refractivity contribution is -0.222. The molecule has 4 bridgehead atoms. The Morgan fingerprint density at radius 2 is 2.15 bits per heavy atom. The van der Waals surface area contributed by atoms with Crippen LogP contribution >= 0.6 is 0 Å². The molecule has 0 aromatic heterocycles. The molecular formula is C23H29NO3. The van der Waals surface area contributed by atoms with Crippen LogP contribution in [0, 0.1) is 11.3 Å². The number of hydrogen-bond acceptors (Lipinski definition) is 4. The molecule has 0 amide bonds. The molecule has 2 saturated heterocycles. The molecule has 4 aliphatic carbocycles. The molecule has 4 fully saturated rings. The number of ether oxygens (including phenoxy) is 1. The number of aliphatic hydroxyl groups is 2. The molecule has 0 radical (unpaired) electrons. The fourth-order valence-corrected chi connectivity index (χ4v) is 6.84. The highest BCUT2D eigenvalue weighted by molar-refractivity contribution is 5.48. The van der Waals surface area contributed by atoms with E-state index in [1.54, 1.807) is 6.08 Å². The van der Waals surface area contributed by atoms with E-state index in [1.165, 1.54) is 24.0 Å². The zero-order valence-electron chi connectivity index (χ0n) is 15.9. The molecule has 6 aliphatic rings.